The molecule has 0 bridgehead atoms. The summed E-state index contributed by atoms with van der Waals surface area (Å²) in [4.78, 5) is 28.2. The fraction of sp³-hybridized carbons (Fsp3) is 0.882. The topological polar surface area (TPSA) is 75.3 Å². The zero-order valence-electron chi connectivity index (χ0n) is 15.2. The standard InChI is InChI=1S/C16H35N2OP.CO2/c1-5-13(3)11-14(4)12-17-15(16(19)6-2)9-7-8-10-18-20;2-1-3/h13-15,17-18H,5-12,20H2,1-4H3;. The van der Waals surface area contributed by atoms with Gasteiger partial charge < -0.3 is 10.4 Å². The Morgan fingerprint density at radius 1 is 1.13 bits per heavy atom. The normalized spacial score (nSPS) is 14.1. The van der Waals surface area contributed by atoms with Gasteiger partial charge in [-0.3, -0.25) is 4.79 Å². The number of unbranched alkanes of at least 4 members (excludes halogenated alkanes) is 1. The zero-order valence-corrected chi connectivity index (χ0v) is 16.3. The third-order valence-electron chi connectivity index (χ3n) is 4.02. The Balaban J connectivity index is 0. The van der Waals surface area contributed by atoms with Crippen LogP contribution in [0.5, 0.6) is 0 Å². The molecule has 0 spiro atoms. The highest BCUT2D eigenvalue weighted by molar-refractivity contribution is 7.13. The van der Waals surface area contributed by atoms with Crippen molar-refractivity contribution < 1.29 is 14.4 Å². The molecule has 0 rings (SSSR count). The van der Waals surface area contributed by atoms with E-state index in [0.717, 1.165) is 38.3 Å². The molecule has 23 heavy (non-hydrogen) atoms. The summed E-state index contributed by atoms with van der Waals surface area (Å²) in [6.07, 6.45) is 6.57. The van der Waals surface area contributed by atoms with Gasteiger partial charge in [0.25, 0.3) is 0 Å². The van der Waals surface area contributed by atoms with Gasteiger partial charge in [-0.1, -0.05) is 49.9 Å². The van der Waals surface area contributed by atoms with Gasteiger partial charge in [0.1, 0.15) is 5.78 Å². The summed E-state index contributed by atoms with van der Waals surface area (Å²) in [5, 5.41) is 6.58. The van der Waals surface area contributed by atoms with Gasteiger partial charge in [0.05, 0.1) is 6.04 Å². The van der Waals surface area contributed by atoms with E-state index < -0.39 is 0 Å². The van der Waals surface area contributed by atoms with E-state index in [1.165, 1.54) is 12.8 Å². The number of carbonyl (C=O) groups excluding carboxylic acids is 3. The third-order valence-corrected chi connectivity index (χ3v) is 4.30. The summed E-state index contributed by atoms with van der Waals surface area (Å²) in [6, 6.07) is 0.0592. The second-order valence-electron chi connectivity index (χ2n) is 6.17. The minimum absolute atomic E-state index is 0.0592. The molecule has 0 amide bonds. The average molecular weight is 346 g/mol. The van der Waals surface area contributed by atoms with Gasteiger partial charge in [-0.15, -0.1) is 0 Å². The Morgan fingerprint density at radius 2 is 1.74 bits per heavy atom. The molecule has 2 N–H and O–H groups in total. The van der Waals surface area contributed by atoms with Crippen molar-refractivity contribution >= 4 is 21.3 Å². The number of carbonyl (C=O) groups is 1. The van der Waals surface area contributed by atoms with Crippen LogP contribution in [0.1, 0.15) is 66.2 Å². The number of Topliss-reactive ketones (excluding diaryl/α,β-unsaturated/α-hetero) is 1. The molecule has 0 aromatic heterocycles. The van der Waals surface area contributed by atoms with Gasteiger partial charge in [-0.25, -0.2) is 0 Å². The summed E-state index contributed by atoms with van der Waals surface area (Å²) in [7, 11) is 2.52. The average Bonchev–Trinajstić information content (AvgIpc) is 2.54. The van der Waals surface area contributed by atoms with Crippen LogP contribution >= 0.6 is 9.39 Å². The van der Waals surface area contributed by atoms with E-state index >= 15 is 0 Å². The molecule has 0 saturated heterocycles. The molecule has 0 aliphatic carbocycles. The highest BCUT2D eigenvalue weighted by atomic mass is 31.0. The second-order valence-corrected chi connectivity index (χ2v) is 6.58. The highest BCUT2D eigenvalue weighted by Gasteiger charge is 2.17. The fourth-order valence-corrected chi connectivity index (χ4v) is 2.68. The first-order valence-corrected chi connectivity index (χ1v) is 9.23. The smallest absolute Gasteiger partial charge is 0.307 e. The molecule has 0 radical (unpaired) electrons. The minimum Gasteiger partial charge on any atom is -0.307 e. The number of hydrogen-bond acceptors (Lipinski definition) is 5. The van der Waals surface area contributed by atoms with Crippen molar-refractivity contribution in [1.82, 2.24) is 10.4 Å². The summed E-state index contributed by atoms with van der Waals surface area (Å²) in [6.45, 7) is 10.8. The van der Waals surface area contributed by atoms with Crippen LogP contribution in [0, 0.1) is 11.8 Å². The Morgan fingerprint density at radius 3 is 2.22 bits per heavy atom. The van der Waals surface area contributed by atoms with Gasteiger partial charge in [0.15, 0.2) is 0 Å². The maximum absolute atomic E-state index is 12.0. The fourth-order valence-electron chi connectivity index (χ4n) is 2.48. The lowest BCUT2D eigenvalue weighted by Crippen LogP contribution is -2.39. The SMILES string of the molecule is CCC(=O)C(CCCCNP)NCC(C)CC(C)CC.O=C=O. The van der Waals surface area contributed by atoms with E-state index in [9.17, 15) is 4.79 Å². The van der Waals surface area contributed by atoms with Crippen LogP contribution in [0.3, 0.4) is 0 Å². The molecular weight excluding hydrogens is 311 g/mol. The van der Waals surface area contributed by atoms with E-state index in [4.69, 9.17) is 9.59 Å². The molecule has 0 aliphatic heterocycles. The number of nitrogens with one attached hydrogen (secondary N) is 2. The maximum atomic E-state index is 12.0. The third kappa shape index (κ3) is 16.1. The Bertz CT molecular complexity index is 321. The van der Waals surface area contributed by atoms with Crippen LogP contribution in [0.15, 0.2) is 0 Å². The molecular formula is C17H35N2O3P. The first-order chi connectivity index (χ1) is 11.0. The Kier molecular flexibility index (Phi) is 19.0. The van der Waals surface area contributed by atoms with E-state index in [-0.39, 0.29) is 12.2 Å². The van der Waals surface area contributed by atoms with Crippen LogP contribution in [0.25, 0.3) is 0 Å². The van der Waals surface area contributed by atoms with Gasteiger partial charge in [-0.2, -0.15) is 9.59 Å². The lowest BCUT2D eigenvalue weighted by Gasteiger charge is -2.21. The lowest BCUT2D eigenvalue weighted by atomic mass is 9.94. The minimum atomic E-state index is 0.0592. The highest BCUT2D eigenvalue weighted by Crippen LogP contribution is 2.14. The van der Waals surface area contributed by atoms with Crippen molar-refractivity contribution in [3.63, 3.8) is 0 Å². The molecule has 0 fully saturated rings. The van der Waals surface area contributed by atoms with Crippen molar-refractivity contribution in [3.8, 4) is 0 Å². The molecule has 6 heteroatoms. The summed E-state index contributed by atoms with van der Waals surface area (Å²) < 4.78 is 0. The summed E-state index contributed by atoms with van der Waals surface area (Å²) in [5.41, 5.74) is 0. The Hall–Kier alpha value is -0.600. The number of rotatable bonds is 13. The number of ketones is 1. The predicted octanol–water partition coefficient (Wildman–Crippen LogP) is 2.96. The molecule has 4 unspecified atom stereocenters. The van der Waals surface area contributed by atoms with Gasteiger partial charge in [-0.05, 0) is 44.2 Å². The van der Waals surface area contributed by atoms with Gasteiger partial charge in [0, 0.05) is 6.42 Å². The summed E-state index contributed by atoms with van der Waals surface area (Å²) >= 11 is 0. The van der Waals surface area contributed by atoms with E-state index in [0.29, 0.717) is 18.1 Å². The molecule has 0 aromatic rings. The summed E-state index contributed by atoms with van der Waals surface area (Å²) in [5.74, 6) is 1.78. The van der Waals surface area contributed by atoms with Crippen molar-refractivity contribution in [2.45, 2.75) is 72.3 Å². The van der Waals surface area contributed by atoms with E-state index in [2.05, 4.69) is 40.6 Å². The van der Waals surface area contributed by atoms with Gasteiger partial charge >= 0.3 is 6.15 Å². The van der Waals surface area contributed by atoms with Crippen molar-refractivity contribution in [2.24, 2.45) is 11.8 Å². The van der Waals surface area contributed by atoms with E-state index in [1.807, 2.05) is 6.92 Å². The lowest BCUT2D eigenvalue weighted by molar-refractivity contribution is -0.191. The van der Waals surface area contributed by atoms with Gasteiger partial charge in [0.2, 0.25) is 0 Å². The van der Waals surface area contributed by atoms with Crippen LogP contribution in [0.2, 0.25) is 0 Å². The largest absolute Gasteiger partial charge is 0.373 e. The van der Waals surface area contributed by atoms with Crippen LogP contribution in [-0.2, 0) is 14.4 Å². The van der Waals surface area contributed by atoms with Crippen molar-refractivity contribution in [2.75, 3.05) is 13.1 Å². The molecule has 0 heterocycles. The number of hydrogen-bond donors (Lipinski definition) is 2. The molecule has 136 valence electrons. The monoisotopic (exact) mass is 346 g/mol. The van der Waals surface area contributed by atoms with Crippen molar-refractivity contribution in [1.29, 1.82) is 0 Å². The molecule has 0 saturated carbocycles. The second kappa shape index (κ2) is 17.7. The first-order valence-electron chi connectivity index (χ1n) is 8.65. The Labute approximate surface area is 144 Å². The molecule has 0 aromatic carbocycles. The maximum Gasteiger partial charge on any atom is 0.373 e. The molecule has 5 nitrogen and oxygen atoms in total. The van der Waals surface area contributed by atoms with Crippen LogP contribution in [-0.4, -0.2) is 31.1 Å². The van der Waals surface area contributed by atoms with Crippen LogP contribution in [0.4, 0.5) is 0 Å². The molecule has 4 atom stereocenters. The molecule has 0 aliphatic rings. The van der Waals surface area contributed by atoms with Crippen LogP contribution < -0.4 is 10.4 Å². The predicted molar refractivity (Wildman–Crippen MR) is 96.9 cm³/mol. The quantitative estimate of drug-likeness (QED) is 0.396. The first kappa shape index (κ1) is 24.6. The zero-order chi connectivity index (χ0) is 18.1. The van der Waals surface area contributed by atoms with Crippen molar-refractivity contribution in [3.05, 3.63) is 0 Å². The van der Waals surface area contributed by atoms with E-state index in [1.54, 1.807) is 0 Å².